The van der Waals surface area contributed by atoms with Crippen LogP contribution in [0.5, 0.6) is 0 Å². The summed E-state index contributed by atoms with van der Waals surface area (Å²) in [6.45, 7) is 6.74. The van der Waals surface area contributed by atoms with Gasteiger partial charge in [0.05, 0.1) is 12.3 Å². The van der Waals surface area contributed by atoms with Crippen molar-refractivity contribution in [3.8, 4) is 0 Å². The van der Waals surface area contributed by atoms with Crippen LogP contribution in [-0.4, -0.2) is 22.5 Å². The number of rotatable bonds is 5. The Bertz CT molecular complexity index is 525. The van der Waals surface area contributed by atoms with E-state index >= 15 is 0 Å². The zero-order valence-electron chi connectivity index (χ0n) is 12.6. The molecule has 1 aromatic rings. The first-order chi connectivity index (χ1) is 9.61. The summed E-state index contributed by atoms with van der Waals surface area (Å²) in [7, 11) is 0. The zero-order valence-corrected chi connectivity index (χ0v) is 13.4. The van der Waals surface area contributed by atoms with E-state index in [9.17, 15) is 14.9 Å². The van der Waals surface area contributed by atoms with E-state index in [1.165, 1.54) is 6.92 Å². The second-order valence-corrected chi connectivity index (χ2v) is 6.35. The number of hydrogen-bond donors (Lipinski definition) is 0. The summed E-state index contributed by atoms with van der Waals surface area (Å²) in [6, 6.07) is 5.92. The molecule has 5 nitrogen and oxygen atoms in total. The number of carbonyl (C=O) groups excluding carboxylic acids is 1. The number of carbonyl (C=O) groups is 1. The van der Waals surface area contributed by atoms with Crippen molar-refractivity contribution in [1.29, 1.82) is 0 Å². The summed E-state index contributed by atoms with van der Waals surface area (Å²) in [5.74, 6) is -1.09. The molecule has 0 radical (unpaired) electrons. The van der Waals surface area contributed by atoms with Crippen molar-refractivity contribution in [3.63, 3.8) is 0 Å². The predicted molar refractivity (Wildman–Crippen MR) is 81.1 cm³/mol. The Morgan fingerprint density at radius 1 is 1.38 bits per heavy atom. The summed E-state index contributed by atoms with van der Waals surface area (Å²) >= 11 is 6.11. The van der Waals surface area contributed by atoms with Crippen molar-refractivity contribution in [2.75, 3.05) is 0 Å². The van der Waals surface area contributed by atoms with Gasteiger partial charge in [-0.1, -0.05) is 29.8 Å². The average molecular weight is 314 g/mol. The highest BCUT2D eigenvalue weighted by atomic mass is 35.5. The van der Waals surface area contributed by atoms with Crippen molar-refractivity contribution < 1.29 is 14.5 Å². The van der Waals surface area contributed by atoms with Gasteiger partial charge >= 0.3 is 5.97 Å². The third kappa shape index (κ3) is 5.34. The van der Waals surface area contributed by atoms with Gasteiger partial charge in [0.15, 0.2) is 0 Å². The van der Waals surface area contributed by atoms with Crippen molar-refractivity contribution in [2.45, 2.75) is 51.7 Å². The monoisotopic (exact) mass is 313 g/mol. The lowest BCUT2D eigenvalue weighted by Crippen LogP contribution is -2.30. The molecule has 0 heterocycles. The Balaban J connectivity index is 3.02. The molecule has 0 N–H and O–H groups in total. The van der Waals surface area contributed by atoms with Gasteiger partial charge in [-0.25, -0.2) is 0 Å². The molecule has 0 fully saturated rings. The van der Waals surface area contributed by atoms with Gasteiger partial charge in [0.1, 0.15) is 5.60 Å². The quantitative estimate of drug-likeness (QED) is 0.471. The number of hydrogen-bond acceptors (Lipinski definition) is 4. The number of halogens is 1. The summed E-state index contributed by atoms with van der Waals surface area (Å²) in [4.78, 5) is 22.7. The first kappa shape index (κ1) is 17.4. The van der Waals surface area contributed by atoms with Crippen LogP contribution < -0.4 is 0 Å². The molecule has 0 spiro atoms. The highest BCUT2D eigenvalue weighted by molar-refractivity contribution is 6.31. The lowest BCUT2D eigenvalue weighted by atomic mass is 9.89. The minimum absolute atomic E-state index is 0.0802. The molecule has 116 valence electrons. The van der Waals surface area contributed by atoms with E-state index in [2.05, 4.69) is 0 Å². The smallest absolute Gasteiger partial charge is 0.307 e. The first-order valence-corrected chi connectivity index (χ1v) is 7.09. The Morgan fingerprint density at radius 3 is 2.43 bits per heavy atom. The molecule has 0 aliphatic carbocycles. The van der Waals surface area contributed by atoms with Crippen molar-refractivity contribution in [3.05, 3.63) is 45.0 Å². The molecule has 21 heavy (non-hydrogen) atoms. The number of benzene rings is 1. The van der Waals surface area contributed by atoms with Crippen LogP contribution in [0.1, 0.15) is 45.6 Å². The van der Waals surface area contributed by atoms with Crippen LogP contribution in [0.15, 0.2) is 24.3 Å². The molecule has 2 atom stereocenters. The number of esters is 1. The summed E-state index contributed by atoms with van der Waals surface area (Å²) < 4.78 is 5.25. The third-order valence-electron chi connectivity index (χ3n) is 3.03. The van der Waals surface area contributed by atoms with Gasteiger partial charge in [-0.2, -0.15) is 0 Å². The number of ether oxygens (including phenoxy) is 1. The van der Waals surface area contributed by atoms with Crippen LogP contribution in [0.3, 0.4) is 0 Å². The summed E-state index contributed by atoms with van der Waals surface area (Å²) in [5.41, 5.74) is -0.0332. The Morgan fingerprint density at radius 2 is 1.95 bits per heavy atom. The largest absolute Gasteiger partial charge is 0.460 e. The average Bonchev–Trinajstić information content (AvgIpc) is 2.34. The topological polar surface area (TPSA) is 69.4 Å². The van der Waals surface area contributed by atoms with E-state index in [-0.39, 0.29) is 6.42 Å². The van der Waals surface area contributed by atoms with E-state index in [0.29, 0.717) is 10.6 Å². The fourth-order valence-electron chi connectivity index (χ4n) is 2.03. The lowest BCUT2D eigenvalue weighted by Gasteiger charge is -2.23. The second kappa shape index (κ2) is 6.89. The highest BCUT2D eigenvalue weighted by Gasteiger charge is 2.33. The molecule has 0 amide bonds. The van der Waals surface area contributed by atoms with Crippen molar-refractivity contribution in [2.24, 2.45) is 0 Å². The number of nitro groups is 1. The molecular formula is C15H20ClNO4. The molecule has 0 aliphatic heterocycles. The third-order valence-corrected chi connectivity index (χ3v) is 3.37. The van der Waals surface area contributed by atoms with Gasteiger partial charge in [-0.05, 0) is 32.4 Å². The summed E-state index contributed by atoms with van der Waals surface area (Å²) in [6.07, 6.45) is -0.0802. The number of nitrogens with zero attached hydrogens (tertiary/aromatic N) is 1. The van der Waals surface area contributed by atoms with Gasteiger partial charge in [0.25, 0.3) is 0 Å². The van der Waals surface area contributed by atoms with Gasteiger partial charge < -0.3 is 4.74 Å². The summed E-state index contributed by atoms with van der Waals surface area (Å²) in [5, 5.41) is 11.5. The Labute approximate surface area is 129 Å². The van der Waals surface area contributed by atoms with Crippen LogP contribution in [0, 0.1) is 10.1 Å². The van der Waals surface area contributed by atoms with E-state index in [4.69, 9.17) is 16.3 Å². The van der Waals surface area contributed by atoms with Crippen LogP contribution in [0.2, 0.25) is 5.02 Å². The Kier molecular flexibility index (Phi) is 5.72. The Hall–Kier alpha value is -1.62. The molecule has 0 saturated carbocycles. The second-order valence-electron chi connectivity index (χ2n) is 5.94. The highest BCUT2D eigenvalue weighted by Crippen LogP contribution is 2.31. The van der Waals surface area contributed by atoms with E-state index in [1.807, 2.05) is 0 Å². The first-order valence-electron chi connectivity index (χ1n) is 6.71. The molecular weight excluding hydrogens is 294 g/mol. The molecule has 0 saturated heterocycles. The van der Waals surface area contributed by atoms with Gasteiger partial charge in [-0.15, -0.1) is 0 Å². The van der Waals surface area contributed by atoms with Gasteiger partial charge in [0, 0.05) is 16.9 Å². The van der Waals surface area contributed by atoms with E-state index < -0.39 is 28.5 Å². The van der Waals surface area contributed by atoms with Crippen molar-refractivity contribution >= 4 is 17.6 Å². The zero-order chi connectivity index (χ0) is 16.2. The van der Waals surface area contributed by atoms with Crippen molar-refractivity contribution in [1.82, 2.24) is 0 Å². The maximum Gasteiger partial charge on any atom is 0.307 e. The normalized spacial score (nSPS) is 14.3. The predicted octanol–water partition coefficient (Wildman–Crippen LogP) is 3.82. The molecule has 0 aliphatic rings. The van der Waals surface area contributed by atoms with E-state index in [1.54, 1.807) is 45.0 Å². The molecule has 1 aromatic carbocycles. The maximum atomic E-state index is 12.0. The fraction of sp³-hybridized carbons (Fsp3) is 0.533. The standard InChI is InChI=1S/C15H20ClNO4/c1-10(17(19)20)12(9-14(18)21-15(2,3)4)11-7-5-6-8-13(11)16/h5-8,10,12H,9H2,1-4H3. The SMILES string of the molecule is CC(C(CC(=O)OC(C)(C)C)c1ccccc1Cl)[N+](=O)[O-]. The van der Waals surface area contributed by atoms with Crippen LogP contribution in [0.4, 0.5) is 0 Å². The minimum atomic E-state index is -0.933. The van der Waals surface area contributed by atoms with Crippen LogP contribution >= 0.6 is 11.6 Å². The molecule has 2 unspecified atom stereocenters. The minimum Gasteiger partial charge on any atom is -0.460 e. The van der Waals surface area contributed by atoms with Crippen LogP contribution in [0.25, 0.3) is 0 Å². The maximum absolute atomic E-state index is 12.0. The molecule has 0 bridgehead atoms. The van der Waals surface area contributed by atoms with Gasteiger partial charge in [0.2, 0.25) is 6.04 Å². The molecule has 0 aromatic heterocycles. The fourth-order valence-corrected chi connectivity index (χ4v) is 2.30. The lowest BCUT2D eigenvalue weighted by molar-refractivity contribution is -0.522. The molecule has 6 heteroatoms. The molecule has 1 rings (SSSR count). The van der Waals surface area contributed by atoms with Gasteiger partial charge in [-0.3, -0.25) is 14.9 Å². The van der Waals surface area contributed by atoms with E-state index in [0.717, 1.165) is 0 Å². The van der Waals surface area contributed by atoms with Crippen LogP contribution in [-0.2, 0) is 9.53 Å².